The van der Waals surface area contributed by atoms with Crippen LogP contribution in [0, 0.1) is 6.92 Å². The summed E-state index contributed by atoms with van der Waals surface area (Å²) in [5, 5.41) is 0. The lowest BCUT2D eigenvalue weighted by Crippen LogP contribution is -1.93. The van der Waals surface area contributed by atoms with Gasteiger partial charge < -0.3 is 9.47 Å². The van der Waals surface area contributed by atoms with Crippen LogP contribution in [0.1, 0.15) is 25.3 Å². The van der Waals surface area contributed by atoms with Gasteiger partial charge in [0.15, 0.2) is 0 Å². The number of para-hydroxylation sites is 1. The van der Waals surface area contributed by atoms with Gasteiger partial charge in [0, 0.05) is 6.42 Å². The van der Waals surface area contributed by atoms with Crippen LogP contribution in [0.5, 0.6) is 5.75 Å². The molecule has 2 nitrogen and oxygen atoms in total. The largest absolute Gasteiger partial charge is 0.501 e. The van der Waals surface area contributed by atoms with E-state index in [1.165, 1.54) is 11.1 Å². The Labute approximate surface area is 110 Å². The third-order valence-electron chi connectivity index (χ3n) is 2.93. The lowest BCUT2D eigenvalue weighted by atomic mass is 10.1. The van der Waals surface area contributed by atoms with Crippen LogP contribution in [-0.4, -0.2) is 14.2 Å². The van der Waals surface area contributed by atoms with Crippen LogP contribution in [0.15, 0.2) is 47.7 Å². The van der Waals surface area contributed by atoms with Crippen molar-refractivity contribution >= 4 is 0 Å². The Bertz CT molecular complexity index is 430. The predicted molar refractivity (Wildman–Crippen MR) is 75.8 cm³/mol. The monoisotopic (exact) mass is 246 g/mol. The van der Waals surface area contributed by atoms with Crippen molar-refractivity contribution in [1.82, 2.24) is 0 Å². The highest BCUT2D eigenvalue weighted by Gasteiger charge is 2.02. The second-order valence-electron chi connectivity index (χ2n) is 4.26. The molecule has 2 rings (SSSR count). The predicted octanol–water partition coefficient (Wildman–Crippen LogP) is 4.26. The number of rotatable bonds is 2. The fraction of sp³-hybridized carbons (Fsp3) is 0.375. The minimum atomic E-state index is 0.956. The summed E-state index contributed by atoms with van der Waals surface area (Å²) in [4.78, 5) is 0. The second kappa shape index (κ2) is 7.59. The van der Waals surface area contributed by atoms with Crippen LogP contribution < -0.4 is 4.74 Å². The summed E-state index contributed by atoms with van der Waals surface area (Å²) < 4.78 is 10.2. The Hall–Kier alpha value is -1.70. The summed E-state index contributed by atoms with van der Waals surface area (Å²) in [5.74, 6) is 2.09. The van der Waals surface area contributed by atoms with Gasteiger partial charge in [0.2, 0.25) is 0 Å². The third-order valence-corrected chi connectivity index (χ3v) is 2.93. The molecule has 0 aromatic heterocycles. The molecular weight excluding hydrogens is 224 g/mol. The van der Waals surface area contributed by atoms with Crippen LogP contribution >= 0.6 is 0 Å². The zero-order valence-electron chi connectivity index (χ0n) is 11.7. The molecule has 0 saturated heterocycles. The number of allylic oxidation sites excluding steroid dienone is 3. The maximum atomic E-state index is 5.13. The van der Waals surface area contributed by atoms with Gasteiger partial charge in [-0.2, -0.15) is 0 Å². The van der Waals surface area contributed by atoms with Gasteiger partial charge in [-0.05, 0) is 37.5 Å². The number of ether oxygens (including phenoxy) is 2. The molecule has 2 heteroatoms. The van der Waals surface area contributed by atoms with Gasteiger partial charge in [0.05, 0.1) is 20.0 Å². The van der Waals surface area contributed by atoms with E-state index in [1.54, 1.807) is 14.2 Å². The summed E-state index contributed by atoms with van der Waals surface area (Å²) in [5.41, 5.74) is 2.54. The molecule has 0 atom stereocenters. The number of aryl methyl sites for hydroxylation is 1. The van der Waals surface area contributed by atoms with Crippen molar-refractivity contribution in [3.8, 4) is 5.75 Å². The maximum Gasteiger partial charge on any atom is 0.121 e. The molecule has 0 spiro atoms. The Kier molecular flexibility index (Phi) is 6.06. The number of methoxy groups -OCH3 is 2. The molecule has 1 aromatic rings. The second-order valence-corrected chi connectivity index (χ2v) is 4.26. The van der Waals surface area contributed by atoms with E-state index in [2.05, 4.69) is 19.1 Å². The minimum Gasteiger partial charge on any atom is -0.501 e. The van der Waals surface area contributed by atoms with Crippen molar-refractivity contribution in [2.24, 2.45) is 0 Å². The van der Waals surface area contributed by atoms with Crippen LogP contribution in [0.25, 0.3) is 0 Å². The molecule has 0 aliphatic heterocycles. The fourth-order valence-corrected chi connectivity index (χ4v) is 1.78. The summed E-state index contributed by atoms with van der Waals surface area (Å²) in [6.45, 7) is 4.14. The minimum absolute atomic E-state index is 0.956. The maximum absolute atomic E-state index is 5.13. The summed E-state index contributed by atoms with van der Waals surface area (Å²) in [6.07, 6.45) is 6.36. The molecule has 0 amide bonds. The number of hydrogen-bond donors (Lipinski definition) is 0. The van der Waals surface area contributed by atoms with Crippen molar-refractivity contribution in [3.63, 3.8) is 0 Å². The molecule has 0 heterocycles. The van der Waals surface area contributed by atoms with Crippen LogP contribution in [0.3, 0.4) is 0 Å². The van der Waals surface area contributed by atoms with Gasteiger partial charge in [-0.15, -0.1) is 0 Å². The SMILES string of the molecule is COC1=C(C)CC=CC1.COc1ccccc1C. The highest BCUT2D eigenvalue weighted by atomic mass is 16.5. The summed E-state index contributed by atoms with van der Waals surface area (Å²) in [6, 6.07) is 7.94. The average molecular weight is 246 g/mol. The molecule has 18 heavy (non-hydrogen) atoms. The van der Waals surface area contributed by atoms with Gasteiger partial charge in [0.1, 0.15) is 5.75 Å². The van der Waals surface area contributed by atoms with Gasteiger partial charge in [0.25, 0.3) is 0 Å². The Morgan fingerprint density at radius 1 is 0.889 bits per heavy atom. The third kappa shape index (κ3) is 4.28. The molecule has 1 aromatic carbocycles. The first-order valence-corrected chi connectivity index (χ1v) is 6.16. The van der Waals surface area contributed by atoms with E-state index in [4.69, 9.17) is 9.47 Å². The zero-order chi connectivity index (χ0) is 13.4. The highest BCUT2D eigenvalue weighted by molar-refractivity contribution is 5.31. The first-order chi connectivity index (χ1) is 8.69. The molecule has 0 unspecified atom stereocenters. The van der Waals surface area contributed by atoms with Gasteiger partial charge >= 0.3 is 0 Å². The van der Waals surface area contributed by atoms with Crippen LogP contribution in [-0.2, 0) is 4.74 Å². The lowest BCUT2D eigenvalue weighted by Gasteiger charge is -2.10. The normalized spacial score (nSPS) is 13.8. The van der Waals surface area contributed by atoms with Crippen molar-refractivity contribution in [2.45, 2.75) is 26.7 Å². The molecule has 0 fully saturated rings. The molecule has 0 saturated carbocycles. The van der Waals surface area contributed by atoms with Crippen molar-refractivity contribution < 1.29 is 9.47 Å². The molecule has 0 N–H and O–H groups in total. The Balaban J connectivity index is 0.000000180. The Morgan fingerprint density at radius 3 is 2.00 bits per heavy atom. The molecular formula is C16H22O2. The van der Waals surface area contributed by atoms with E-state index in [9.17, 15) is 0 Å². The summed E-state index contributed by atoms with van der Waals surface area (Å²) in [7, 11) is 3.42. The average Bonchev–Trinajstić information content (AvgIpc) is 2.41. The van der Waals surface area contributed by atoms with E-state index >= 15 is 0 Å². The number of hydrogen-bond acceptors (Lipinski definition) is 2. The van der Waals surface area contributed by atoms with E-state index in [-0.39, 0.29) is 0 Å². The molecule has 1 aliphatic carbocycles. The van der Waals surface area contributed by atoms with Gasteiger partial charge in [-0.1, -0.05) is 30.4 Å². The highest BCUT2D eigenvalue weighted by Crippen LogP contribution is 2.18. The van der Waals surface area contributed by atoms with E-state index in [0.29, 0.717) is 0 Å². The first kappa shape index (κ1) is 14.4. The quantitative estimate of drug-likeness (QED) is 0.726. The molecule has 98 valence electrons. The standard InChI is InChI=1S/C8H12O.C8H10O/c2*1-7-5-3-4-6-8(7)9-2/h3-4H,5-6H2,1-2H3;3-6H,1-2H3. The van der Waals surface area contributed by atoms with Crippen molar-refractivity contribution in [1.29, 1.82) is 0 Å². The summed E-state index contributed by atoms with van der Waals surface area (Å²) >= 11 is 0. The van der Waals surface area contributed by atoms with Gasteiger partial charge in [-0.3, -0.25) is 0 Å². The number of benzene rings is 1. The molecule has 0 radical (unpaired) electrons. The van der Waals surface area contributed by atoms with Crippen LogP contribution in [0.4, 0.5) is 0 Å². The topological polar surface area (TPSA) is 18.5 Å². The fourth-order valence-electron chi connectivity index (χ4n) is 1.78. The Morgan fingerprint density at radius 2 is 1.56 bits per heavy atom. The smallest absolute Gasteiger partial charge is 0.121 e. The van der Waals surface area contributed by atoms with Gasteiger partial charge in [-0.25, -0.2) is 0 Å². The first-order valence-electron chi connectivity index (χ1n) is 6.16. The zero-order valence-corrected chi connectivity index (χ0v) is 11.7. The van der Waals surface area contributed by atoms with Crippen molar-refractivity contribution in [2.75, 3.05) is 14.2 Å². The molecule has 0 bridgehead atoms. The van der Waals surface area contributed by atoms with Crippen LogP contribution in [0.2, 0.25) is 0 Å². The van der Waals surface area contributed by atoms with E-state index < -0.39 is 0 Å². The van der Waals surface area contributed by atoms with E-state index in [1.807, 2.05) is 31.2 Å². The lowest BCUT2D eigenvalue weighted by molar-refractivity contribution is 0.278. The van der Waals surface area contributed by atoms with E-state index in [0.717, 1.165) is 24.4 Å². The van der Waals surface area contributed by atoms with Crippen molar-refractivity contribution in [3.05, 3.63) is 53.3 Å². The molecule has 1 aliphatic rings.